The molecule has 0 radical (unpaired) electrons. The van der Waals surface area contributed by atoms with Crippen LogP contribution >= 0.6 is 11.8 Å². The Bertz CT molecular complexity index is 1170. The first-order valence-electron chi connectivity index (χ1n) is 10.2. The molecule has 8 heteroatoms. The second-order valence-corrected chi connectivity index (χ2v) is 8.19. The highest BCUT2D eigenvalue weighted by Crippen LogP contribution is 2.25. The van der Waals surface area contributed by atoms with Gasteiger partial charge in [-0.1, -0.05) is 54.2 Å². The monoisotopic (exact) mass is 447 g/mol. The Labute approximate surface area is 189 Å². The molecule has 2 aromatic heterocycles. The maximum atomic E-state index is 13.1. The lowest BCUT2D eigenvalue weighted by atomic mass is 10.1. The fourth-order valence-corrected chi connectivity index (χ4v) is 4.01. The summed E-state index contributed by atoms with van der Waals surface area (Å²) in [7, 11) is 0. The number of carbonyl (C=O) groups is 1. The molecule has 4 rings (SSSR count). The first-order valence-corrected chi connectivity index (χ1v) is 11.1. The lowest BCUT2D eigenvalue weighted by molar-refractivity contribution is -0.119. The Kier molecular flexibility index (Phi) is 6.91. The van der Waals surface area contributed by atoms with Crippen LogP contribution in [-0.4, -0.2) is 31.4 Å². The second-order valence-electron chi connectivity index (χ2n) is 7.25. The number of benzene rings is 2. The zero-order chi connectivity index (χ0) is 22.3. The molecule has 2 aromatic carbocycles. The van der Waals surface area contributed by atoms with Crippen molar-refractivity contribution in [3.05, 3.63) is 96.1 Å². The van der Waals surface area contributed by atoms with Crippen LogP contribution in [0.3, 0.4) is 0 Å². The predicted octanol–water partition coefficient (Wildman–Crippen LogP) is 4.50. The molecular formula is C24H22FN5OS. The van der Waals surface area contributed by atoms with E-state index in [0.717, 1.165) is 16.7 Å². The van der Waals surface area contributed by atoms with Gasteiger partial charge in [-0.05, 0) is 42.3 Å². The fraction of sp³-hybridized carbons (Fsp3) is 0.167. The van der Waals surface area contributed by atoms with E-state index >= 15 is 0 Å². The van der Waals surface area contributed by atoms with E-state index in [4.69, 9.17) is 0 Å². The van der Waals surface area contributed by atoms with Gasteiger partial charge < -0.3 is 5.32 Å². The van der Waals surface area contributed by atoms with Gasteiger partial charge in [-0.3, -0.25) is 14.3 Å². The Morgan fingerprint density at radius 3 is 2.56 bits per heavy atom. The summed E-state index contributed by atoms with van der Waals surface area (Å²) >= 11 is 1.33. The molecule has 1 atom stereocenters. The van der Waals surface area contributed by atoms with Crippen LogP contribution in [0, 0.1) is 5.82 Å². The van der Waals surface area contributed by atoms with Gasteiger partial charge in [-0.15, -0.1) is 10.2 Å². The van der Waals surface area contributed by atoms with Crippen LogP contribution < -0.4 is 5.32 Å². The molecule has 0 saturated heterocycles. The van der Waals surface area contributed by atoms with Crippen molar-refractivity contribution in [2.45, 2.75) is 24.7 Å². The number of halogens is 1. The van der Waals surface area contributed by atoms with Gasteiger partial charge in [0.1, 0.15) is 5.82 Å². The van der Waals surface area contributed by atoms with E-state index in [0.29, 0.717) is 17.5 Å². The highest BCUT2D eigenvalue weighted by atomic mass is 32.2. The van der Waals surface area contributed by atoms with Crippen LogP contribution in [0.4, 0.5) is 4.39 Å². The van der Waals surface area contributed by atoms with Crippen molar-refractivity contribution >= 4 is 17.7 Å². The largest absolute Gasteiger partial charge is 0.349 e. The van der Waals surface area contributed by atoms with E-state index in [1.54, 1.807) is 24.5 Å². The third-order valence-electron chi connectivity index (χ3n) is 4.90. The predicted molar refractivity (Wildman–Crippen MR) is 122 cm³/mol. The molecule has 0 fully saturated rings. The lowest BCUT2D eigenvalue weighted by Gasteiger charge is -2.14. The minimum atomic E-state index is -0.301. The smallest absolute Gasteiger partial charge is 0.230 e. The number of aromatic nitrogens is 4. The minimum Gasteiger partial charge on any atom is -0.349 e. The summed E-state index contributed by atoms with van der Waals surface area (Å²) in [5.74, 6) is 0.449. The van der Waals surface area contributed by atoms with E-state index in [1.807, 2.05) is 54.0 Å². The molecule has 0 saturated carbocycles. The topological polar surface area (TPSA) is 72.7 Å². The second kappa shape index (κ2) is 10.2. The van der Waals surface area contributed by atoms with Crippen LogP contribution in [0.5, 0.6) is 0 Å². The maximum Gasteiger partial charge on any atom is 0.230 e. The van der Waals surface area contributed by atoms with Gasteiger partial charge in [-0.2, -0.15) is 0 Å². The Morgan fingerprint density at radius 1 is 1.06 bits per heavy atom. The van der Waals surface area contributed by atoms with Gasteiger partial charge in [0.2, 0.25) is 5.91 Å². The highest BCUT2D eigenvalue weighted by molar-refractivity contribution is 7.99. The van der Waals surface area contributed by atoms with Gasteiger partial charge in [-0.25, -0.2) is 4.39 Å². The van der Waals surface area contributed by atoms with Gasteiger partial charge in [0.15, 0.2) is 11.0 Å². The number of rotatable bonds is 8. The molecule has 0 aliphatic heterocycles. The molecule has 0 spiro atoms. The SMILES string of the molecule is CC(NC(=O)CSc1nnc(-c2cccnc2)n1Cc1ccccc1)c1ccc(F)cc1. The molecule has 0 aliphatic rings. The maximum absolute atomic E-state index is 13.1. The van der Waals surface area contributed by atoms with Crippen LogP contribution in [0.1, 0.15) is 24.1 Å². The summed E-state index contributed by atoms with van der Waals surface area (Å²) in [6.07, 6.45) is 3.46. The summed E-state index contributed by atoms with van der Waals surface area (Å²) in [6, 6.07) is 19.7. The zero-order valence-corrected chi connectivity index (χ0v) is 18.3. The Morgan fingerprint density at radius 2 is 1.84 bits per heavy atom. The zero-order valence-electron chi connectivity index (χ0n) is 17.5. The average molecular weight is 448 g/mol. The average Bonchev–Trinajstić information content (AvgIpc) is 3.21. The van der Waals surface area contributed by atoms with Gasteiger partial charge in [0.05, 0.1) is 18.3 Å². The number of carbonyl (C=O) groups excluding carboxylic acids is 1. The number of pyridine rings is 1. The third kappa shape index (κ3) is 5.39. The molecule has 0 bridgehead atoms. The molecular weight excluding hydrogens is 425 g/mol. The summed E-state index contributed by atoms with van der Waals surface area (Å²) in [4.78, 5) is 16.7. The van der Waals surface area contributed by atoms with Crippen molar-refractivity contribution < 1.29 is 9.18 Å². The Hall–Kier alpha value is -3.52. The fourth-order valence-electron chi connectivity index (χ4n) is 3.26. The molecule has 2 heterocycles. The van der Waals surface area contributed by atoms with E-state index in [-0.39, 0.29) is 23.5 Å². The van der Waals surface area contributed by atoms with E-state index in [1.165, 1.54) is 23.9 Å². The van der Waals surface area contributed by atoms with E-state index in [9.17, 15) is 9.18 Å². The van der Waals surface area contributed by atoms with Gasteiger partial charge in [0.25, 0.3) is 0 Å². The number of hydrogen-bond donors (Lipinski definition) is 1. The number of amides is 1. The van der Waals surface area contributed by atoms with Crippen molar-refractivity contribution in [1.29, 1.82) is 0 Å². The van der Waals surface area contributed by atoms with Crippen LogP contribution in [-0.2, 0) is 11.3 Å². The molecule has 6 nitrogen and oxygen atoms in total. The molecule has 32 heavy (non-hydrogen) atoms. The van der Waals surface area contributed by atoms with Crippen molar-refractivity contribution in [3.8, 4) is 11.4 Å². The third-order valence-corrected chi connectivity index (χ3v) is 5.87. The molecule has 0 aliphatic carbocycles. The first kappa shape index (κ1) is 21.7. The van der Waals surface area contributed by atoms with Crippen LogP contribution in [0.15, 0.2) is 84.3 Å². The van der Waals surface area contributed by atoms with E-state index < -0.39 is 0 Å². The first-order chi connectivity index (χ1) is 15.6. The lowest BCUT2D eigenvalue weighted by Crippen LogP contribution is -2.28. The molecule has 1 unspecified atom stereocenters. The van der Waals surface area contributed by atoms with Gasteiger partial charge in [0, 0.05) is 18.0 Å². The number of hydrogen-bond acceptors (Lipinski definition) is 5. The summed E-state index contributed by atoms with van der Waals surface area (Å²) in [5, 5.41) is 12.3. The van der Waals surface area contributed by atoms with Crippen molar-refractivity contribution in [2.75, 3.05) is 5.75 Å². The molecule has 162 valence electrons. The molecule has 4 aromatic rings. The minimum absolute atomic E-state index is 0.135. The molecule has 1 amide bonds. The van der Waals surface area contributed by atoms with E-state index in [2.05, 4.69) is 20.5 Å². The summed E-state index contributed by atoms with van der Waals surface area (Å²) in [5.41, 5.74) is 2.81. The van der Waals surface area contributed by atoms with Crippen molar-refractivity contribution in [3.63, 3.8) is 0 Å². The van der Waals surface area contributed by atoms with Crippen LogP contribution in [0.2, 0.25) is 0 Å². The van der Waals surface area contributed by atoms with Crippen molar-refractivity contribution in [2.24, 2.45) is 0 Å². The van der Waals surface area contributed by atoms with Gasteiger partial charge >= 0.3 is 0 Å². The van der Waals surface area contributed by atoms with Crippen molar-refractivity contribution in [1.82, 2.24) is 25.1 Å². The number of thioether (sulfide) groups is 1. The number of nitrogens with zero attached hydrogens (tertiary/aromatic N) is 4. The highest BCUT2D eigenvalue weighted by Gasteiger charge is 2.17. The standard InChI is InChI=1S/C24H22FN5OS/c1-17(19-9-11-21(25)12-10-19)27-22(31)16-32-24-29-28-23(20-8-5-13-26-14-20)30(24)15-18-6-3-2-4-7-18/h2-14,17H,15-16H2,1H3,(H,27,31). The number of nitrogens with one attached hydrogen (secondary N) is 1. The Balaban J connectivity index is 1.48. The van der Waals surface area contributed by atoms with Crippen LogP contribution in [0.25, 0.3) is 11.4 Å². The quantitative estimate of drug-likeness (QED) is 0.403. The normalized spacial score (nSPS) is 11.8. The summed E-state index contributed by atoms with van der Waals surface area (Å²) < 4.78 is 15.1. The molecule has 1 N–H and O–H groups in total. The summed E-state index contributed by atoms with van der Waals surface area (Å²) in [6.45, 7) is 2.45.